The second-order valence-electron chi connectivity index (χ2n) is 7.11. The highest BCUT2D eigenvalue weighted by Gasteiger charge is 2.10. The van der Waals surface area contributed by atoms with E-state index in [9.17, 15) is 10.5 Å². The fourth-order valence-electron chi connectivity index (χ4n) is 3.46. The van der Waals surface area contributed by atoms with Gasteiger partial charge in [-0.2, -0.15) is 10.5 Å². The van der Waals surface area contributed by atoms with Gasteiger partial charge in [0.15, 0.2) is 11.4 Å². The number of hydrogen-bond acceptors (Lipinski definition) is 3. The van der Waals surface area contributed by atoms with E-state index < -0.39 is 0 Å². The Bertz CT molecular complexity index is 1480. The molecule has 0 aliphatic rings. The van der Waals surface area contributed by atoms with Gasteiger partial charge in [-0.15, -0.1) is 0 Å². The molecule has 4 rings (SSSR count). The van der Waals surface area contributed by atoms with Crippen LogP contribution in [-0.4, -0.2) is 0 Å². The molecule has 33 heavy (non-hydrogen) atoms. The Morgan fingerprint density at radius 3 is 1.94 bits per heavy atom. The summed E-state index contributed by atoms with van der Waals surface area (Å²) in [7, 11) is 0. The molecule has 0 fully saturated rings. The molecule has 0 spiro atoms. The molecule has 4 nitrogen and oxygen atoms in total. The molecule has 0 amide bonds. The van der Waals surface area contributed by atoms with Crippen molar-refractivity contribution in [2.24, 2.45) is 0 Å². The fourth-order valence-corrected chi connectivity index (χ4v) is 4.49. The third-order valence-corrected chi connectivity index (χ3v) is 6.01. The molecule has 0 aromatic heterocycles. The lowest BCUT2D eigenvalue weighted by molar-refractivity contribution is 1.39. The van der Waals surface area contributed by atoms with Crippen molar-refractivity contribution in [2.45, 2.75) is 9.79 Å². The molecule has 4 aromatic rings. The molecule has 152 valence electrons. The third kappa shape index (κ3) is 4.76. The van der Waals surface area contributed by atoms with E-state index >= 15 is 0 Å². The summed E-state index contributed by atoms with van der Waals surface area (Å²) in [5.74, 6) is 0. The smallest absolute Gasteiger partial charge is 0.189 e. The van der Waals surface area contributed by atoms with Crippen LogP contribution in [0.4, 0.5) is 11.4 Å². The van der Waals surface area contributed by atoms with Gasteiger partial charge in [0, 0.05) is 20.9 Å². The van der Waals surface area contributed by atoms with E-state index in [2.05, 4.69) is 21.8 Å². The van der Waals surface area contributed by atoms with Crippen molar-refractivity contribution in [1.29, 1.82) is 10.5 Å². The second-order valence-corrected chi connectivity index (χ2v) is 8.23. The second kappa shape index (κ2) is 9.55. The Balaban J connectivity index is 1.74. The first-order valence-corrected chi connectivity index (χ1v) is 10.7. The Hall–Kier alpha value is -4.81. The van der Waals surface area contributed by atoms with Gasteiger partial charge in [-0.25, -0.2) is 9.69 Å². The summed E-state index contributed by atoms with van der Waals surface area (Å²) in [6, 6.07) is 30.4. The minimum absolute atomic E-state index is 0.429. The van der Waals surface area contributed by atoms with E-state index in [0.717, 1.165) is 32.0 Å². The topological polar surface area (TPSA) is 56.3 Å². The molecule has 0 saturated carbocycles. The zero-order chi connectivity index (χ0) is 23.2. The summed E-state index contributed by atoms with van der Waals surface area (Å²) in [5, 5.41) is 18.6. The van der Waals surface area contributed by atoms with Crippen LogP contribution in [0.3, 0.4) is 0 Å². The highest BCUT2D eigenvalue weighted by Crippen LogP contribution is 2.39. The average molecular weight is 439 g/mol. The number of hydrogen-bond donors (Lipinski definition) is 0. The highest BCUT2D eigenvalue weighted by molar-refractivity contribution is 7.99. The standard InChI is InChI=1S/C28H14N4S/c1-31-24-12-19(17-29)10-22(14-24)21-6-5-7-26(16-21)33-28-9-4-3-8-27(28)23-11-20(18-30)13-25(15-23)32-2/h3-16H. The quantitative estimate of drug-likeness (QED) is 0.303. The van der Waals surface area contributed by atoms with Crippen LogP contribution in [0.1, 0.15) is 11.1 Å². The maximum Gasteiger partial charge on any atom is 0.189 e. The predicted molar refractivity (Wildman–Crippen MR) is 130 cm³/mol. The van der Waals surface area contributed by atoms with Crippen molar-refractivity contribution in [2.75, 3.05) is 0 Å². The van der Waals surface area contributed by atoms with Gasteiger partial charge in [0.1, 0.15) is 0 Å². The maximum atomic E-state index is 9.35. The van der Waals surface area contributed by atoms with Crippen molar-refractivity contribution in [3.05, 3.63) is 119 Å². The lowest BCUT2D eigenvalue weighted by Crippen LogP contribution is -1.85. The molecule has 0 heterocycles. The Morgan fingerprint density at radius 1 is 0.636 bits per heavy atom. The van der Waals surface area contributed by atoms with E-state index in [-0.39, 0.29) is 0 Å². The average Bonchev–Trinajstić information content (AvgIpc) is 2.88. The van der Waals surface area contributed by atoms with E-state index in [1.165, 1.54) is 0 Å². The summed E-state index contributed by atoms with van der Waals surface area (Å²) in [6.07, 6.45) is 0. The van der Waals surface area contributed by atoms with Gasteiger partial charge < -0.3 is 0 Å². The third-order valence-electron chi connectivity index (χ3n) is 4.95. The molecule has 4 aromatic carbocycles. The largest absolute Gasteiger partial charge is 0.238 e. The summed E-state index contributed by atoms with van der Waals surface area (Å²) < 4.78 is 0. The highest BCUT2D eigenvalue weighted by atomic mass is 32.2. The van der Waals surface area contributed by atoms with Gasteiger partial charge in [-0.3, -0.25) is 0 Å². The zero-order valence-corrected chi connectivity index (χ0v) is 18.1. The molecular formula is C28H14N4S. The van der Waals surface area contributed by atoms with E-state index in [4.69, 9.17) is 13.1 Å². The minimum Gasteiger partial charge on any atom is -0.238 e. The summed E-state index contributed by atoms with van der Waals surface area (Å²) in [6.45, 7) is 14.6. The van der Waals surface area contributed by atoms with Gasteiger partial charge in [-0.1, -0.05) is 42.1 Å². The van der Waals surface area contributed by atoms with Crippen LogP contribution in [0.15, 0.2) is 94.7 Å². The molecule has 0 aliphatic heterocycles. The number of rotatable bonds is 4. The normalized spacial score (nSPS) is 9.82. The molecule has 5 heteroatoms. The van der Waals surface area contributed by atoms with Gasteiger partial charge in [0.05, 0.1) is 25.3 Å². The Kier molecular flexibility index (Phi) is 6.20. The molecule has 0 unspecified atom stereocenters. The van der Waals surface area contributed by atoms with Crippen LogP contribution in [0.5, 0.6) is 0 Å². The maximum absolute atomic E-state index is 9.35. The molecular weight excluding hydrogens is 424 g/mol. The van der Waals surface area contributed by atoms with Crippen LogP contribution in [0.2, 0.25) is 0 Å². The van der Waals surface area contributed by atoms with Crippen LogP contribution < -0.4 is 0 Å². The van der Waals surface area contributed by atoms with Crippen molar-refractivity contribution in [3.63, 3.8) is 0 Å². The lowest BCUT2D eigenvalue weighted by atomic mass is 10.0. The lowest BCUT2D eigenvalue weighted by Gasteiger charge is -2.12. The first-order chi connectivity index (χ1) is 16.1. The Labute approximate surface area is 196 Å². The molecule has 0 atom stereocenters. The molecule has 0 bridgehead atoms. The van der Waals surface area contributed by atoms with Crippen LogP contribution in [-0.2, 0) is 0 Å². The van der Waals surface area contributed by atoms with Crippen molar-refractivity contribution >= 4 is 23.1 Å². The van der Waals surface area contributed by atoms with Crippen LogP contribution >= 0.6 is 11.8 Å². The van der Waals surface area contributed by atoms with Gasteiger partial charge >= 0.3 is 0 Å². The molecule has 0 radical (unpaired) electrons. The zero-order valence-electron chi connectivity index (χ0n) is 17.3. The van der Waals surface area contributed by atoms with Crippen LogP contribution in [0, 0.1) is 35.8 Å². The van der Waals surface area contributed by atoms with Gasteiger partial charge in [0.25, 0.3) is 0 Å². The number of nitrogens with zero attached hydrogens (tertiary/aromatic N) is 4. The van der Waals surface area contributed by atoms with Crippen molar-refractivity contribution in [1.82, 2.24) is 0 Å². The fraction of sp³-hybridized carbons (Fsp3) is 0. The van der Waals surface area contributed by atoms with E-state index in [1.807, 2.05) is 48.5 Å². The van der Waals surface area contributed by atoms with E-state index in [0.29, 0.717) is 22.5 Å². The summed E-state index contributed by atoms with van der Waals surface area (Å²) in [5.41, 5.74) is 5.27. The molecule has 0 N–H and O–H groups in total. The van der Waals surface area contributed by atoms with Gasteiger partial charge in [0.2, 0.25) is 0 Å². The van der Waals surface area contributed by atoms with Crippen molar-refractivity contribution in [3.8, 4) is 34.4 Å². The van der Waals surface area contributed by atoms with Crippen molar-refractivity contribution < 1.29 is 0 Å². The number of benzene rings is 4. The van der Waals surface area contributed by atoms with Gasteiger partial charge in [-0.05, 0) is 76.9 Å². The Morgan fingerprint density at radius 2 is 1.27 bits per heavy atom. The predicted octanol–water partition coefficient (Wildman–Crippen LogP) is 8.02. The van der Waals surface area contributed by atoms with Crippen LogP contribution in [0.25, 0.3) is 31.9 Å². The SMILES string of the molecule is [C-]#[N+]c1cc(C#N)cc(-c2cccc(Sc3ccccc3-c3cc(C#N)cc([N+]#[C-])c3)c2)c1. The molecule has 0 saturated heterocycles. The number of nitriles is 2. The summed E-state index contributed by atoms with van der Waals surface area (Å²) >= 11 is 1.58. The summed E-state index contributed by atoms with van der Waals surface area (Å²) in [4.78, 5) is 8.97. The minimum atomic E-state index is 0.429. The first kappa shape index (κ1) is 21.4. The first-order valence-electron chi connectivity index (χ1n) is 9.86. The molecule has 0 aliphatic carbocycles. The van der Waals surface area contributed by atoms with E-state index in [1.54, 1.807) is 48.2 Å². The monoisotopic (exact) mass is 438 g/mol.